The van der Waals surface area contributed by atoms with Gasteiger partial charge in [0.25, 0.3) is 0 Å². The van der Waals surface area contributed by atoms with Gasteiger partial charge in [-0.15, -0.1) is 9.73 Å². The van der Waals surface area contributed by atoms with Crippen molar-refractivity contribution in [1.29, 1.82) is 0 Å². The number of ether oxygens (including phenoxy) is 3. The van der Waals surface area contributed by atoms with Crippen molar-refractivity contribution in [1.82, 2.24) is 19.8 Å². The molecule has 0 spiro atoms. The topological polar surface area (TPSA) is 120 Å². The van der Waals surface area contributed by atoms with Gasteiger partial charge in [-0.2, -0.15) is 0 Å². The number of fused-ring (bicyclic) bond motifs is 1. The highest BCUT2D eigenvalue weighted by molar-refractivity contribution is 5.92. The van der Waals surface area contributed by atoms with Crippen molar-refractivity contribution in [3.8, 4) is 17.2 Å². The van der Waals surface area contributed by atoms with Gasteiger partial charge in [0.05, 0.1) is 24.8 Å². The average molecular weight is 604 g/mol. The van der Waals surface area contributed by atoms with E-state index in [0.29, 0.717) is 54.5 Å². The van der Waals surface area contributed by atoms with Crippen LogP contribution < -0.4 is 14.8 Å². The number of methoxy groups -OCH3 is 1. The Morgan fingerprint density at radius 3 is 2.30 bits per heavy atom. The van der Waals surface area contributed by atoms with Crippen LogP contribution in [0.4, 0.5) is 5.69 Å². The lowest BCUT2D eigenvalue weighted by Crippen LogP contribution is -2.28. The summed E-state index contributed by atoms with van der Waals surface area (Å²) in [4.78, 5) is 29.3. The number of hydrogen-bond donors (Lipinski definition) is 2. The van der Waals surface area contributed by atoms with Crippen LogP contribution in [0, 0.1) is 18.3 Å². The summed E-state index contributed by atoms with van der Waals surface area (Å²) in [6.07, 6.45) is 2.51. The largest absolute Gasteiger partial charge is 0.494 e. The van der Waals surface area contributed by atoms with Gasteiger partial charge in [0.2, 0.25) is 11.6 Å². The second-order valence-electron chi connectivity index (χ2n) is 13.0. The zero-order valence-corrected chi connectivity index (χ0v) is 27.1. The quantitative estimate of drug-likeness (QED) is 0.124. The number of anilines is 1. The van der Waals surface area contributed by atoms with E-state index < -0.39 is 5.41 Å². The number of aryl methyl sites for hydroxylation is 2. The van der Waals surface area contributed by atoms with Crippen molar-refractivity contribution < 1.29 is 23.8 Å². The number of esters is 1. The number of aromatic nitrogens is 4. The molecule has 2 heterocycles. The van der Waals surface area contributed by atoms with E-state index in [-0.39, 0.29) is 23.2 Å². The molecule has 0 fully saturated rings. The predicted molar refractivity (Wildman–Crippen MR) is 170 cm³/mol. The number of amides is 1. The van der Waals surface area contributed by atoms with Gasteiger partial charge in [-0.25, -0.2) is 4.98 Å². The molecule has 10 nitrogen and oxygen atoms in total. The SMILES string of the molecule is COC(=O)C(C)(C)CCC(C)C(=O)Nc1ccc(OCCCc2nc3c(Oc4ccc(C)cc4)c(C(C)(C)C)[nH]n3n2)cc1. The number of hydrogen-bond acceptors (Lipinski definition) is 7. The average Bonchev–Trinajstić information content (AvgIpc) is 3.54. The molecule has 1 amide bonds. The predicted octanol–water partition coefficient (Wildman–Crippen LogP) is 7.02. The van der Waals surface area contributed by atoms with Gasteiger partial charge < -0.3 is 19.5 Å². The van der Waals surface area contributed by atoms with Crippen LogP contribution in [-0.2, 0) is 26.2 Å². The molecule has 44 heavy (non-hydrogen) atoms. The fourth-order valence-corrected chi connectivity index (χ4v) is 4.69. The number of carbonyl (C=O) groups excluding carboxylic acids is 2. The molecular formula is C34H45N5O5. The van der Waals surface area contributed by atoms with Crippen molar-refractivity contribution in [2.24, 2.45) is 11.3 Å². The van der Waals surface area contributed by atoms with E-state index >= 15 is 0 Å². The summed E-state index contributed by atoms with van der Waals surface area (Å²) in [5.41, 5.74) is 2.64. The smallest absolute Gasteiger partial charge is 0.311 e. The maximum absolute atomic E-state index is 12.7. The molecule has 4 aromatic rings. The molecule has 1 unspecified atom stereocenters. The van der Waals surface area contributed by atoms with E-state index in [9.17, 15) is 9.59 Å². The summed E-state index contributed by atoms with van der Waals surface area (Å²) in [7, 11) is 1.38. The molecule has 0 saturated carbocycles. The van der Waals surface area contributed by atoms with Crippen LogP contribution in [0.5, 0.6) is 17.2 Å². The second-order valence-corrected chi connectivity index (χ2v) is 13.0. The van der Waals surface area contributed by atoms with Crippen LogP contribution >= 0.6 is 0 Å². The summed E-state index contributed by atoms with van der Waals surface area (Å²) < 4.78 is 18.8. The first-order valence-corrected chi connectivity index (χ1v) is 15.1. The van der Waals surface area contributed by atoms with E-state index in [0.717, 1.165) is 17.9 Å². The molecule has 0 radical (unpaired) electrons. The molecule has 1 atom stereocenters. The summed E-state index contributed by atoms with van der Waals surface area (Å²) >= 11 is 0. The van der Waals surface area contributed by atoms with Crippen molar-refractivity contribution >= 4 is 23.2 Å². The maximum atomic E-state index is 12.7. The molecule has 0 aliphatic carbocycles. The highest BCUT2D eigenvalue weighted by atomic mass is 16.5. The van der Waals surface area contributed by atoms with Crippen LogP contribution in [0.3, 0.4) is 0 Å². The molecule has 2 aromatic heterocycles. The first-order chi connectivity index (χ1) is 20.8. The van der Waals surface area contributed by atoms with Crippen molar-refractivity contribution in [2.75, 3.05) is 19.0 Å². The van der Waals surface area contributed by atoms with E-state index in [1.165, 1.54) is 12.7 Å². The van der Waals surface area contributed by atoms with Crippen molar-refractivity contribution in [3.05, 3.63) is 65.6 Å². The highest BCUT2D eigenvalue weighted by Gasteiger charge is 2.30. The summed E-state index contributed by atoms with van der Waals surface area (Å²) in [5, 5.41) is 10.9. The summed E-state index contributed by atoms with van der Waals surface area (Å²) in [6, 6.07) is 15.3. The second kappa shape index (κ2) is 13.5. The van der Waals surface area contributed by atoms with Crippen LogP contribution in [0.1, 0.15) is 77.9 Å². The standard InChI is InChI=1S/C34H45N5O5/c1-22-11-15-26(16-12-22)44-28-29(33(3,4)5)38-39-30(28)36-27(37-39)10-9-21-43-25-17-13-24(14-18-25)35-31(40)23(2)19-20-34(6,7)32(41)42-8/h11-18,23,38H,9-10,19-21H2,1-8H3,(H,35,40). The Hall–Kier alpha value is -4.34. The summed E-state index contributed by atoms with van der Waals surface area (Å²) in [5.74, 6) is 2.24. The molecule has 4 rings (SSSR count). The lowest BCUT2D eigenvalue weighted by molar-refractivity contribution is -0.151. The number of aromatic amines is 1. The molecule has 2 aromatic carbocycles. The minimum absolute atomic E-state index is 0.0924. The van der Waals surface area contributed by atoms with Gasteiger partial charge in [-0.1, -0.05) is 45.4 Å². The van der Waals surface area contributed by atoms with Crippen LogP contribution in [0.2, 0.25) is 0 Å². The number of benzene rings is 2. The minimum atomic E-state index is -0.626. The molecule has 0 aliphatic heterocycles. The lowest BCUT2D eigenvalue weighted by atomic mass is 9.85. The number of rotatable bonds is 13. The Balaban J connectivity index is 1.28. The van der Waals surface area contributed by atoms with Crippen LogP contribution in [0.15, 0.2) is 48.5 Å². The third kappa shape index (κ3) is 8.18. The molecule has 2 N–H and O–H groups in total. The minimum Gasteiger partial charge on any atom is -0.494 e. The Bertz CT molecular complexity index is 1560. The van der Waals surface area contributed by atoms with Crippen LogP contribution in [-0.4, -0.2) is 45.4 Å². The molecule has 0 saturated heterocycles. The Morgan fingerprint density at radius 2 is 1.66 bits per heavy atom. The first kappa shape index (κ1) is 32.6. The van der Waals surface area contributed by atoms with Gasteiger partial charge in [0, 0.05) is 23.4 Å². The zero-order chi connectivity index (χ0) is 32.1. The Kier molecular flexibility index (Phi) is 10.0. The van der Waals surface area contributed by atoms with Gasteiger partial charge in [0.15, 0.2) is 11.6 Å². The first-order valence-electron chi connectivity index (χ1n) is 15.1. The van der Waals surface area contributed by atoms with Gasteiger partial charge in [-0.05, 0) is 76.4 Å². The van der Waals surface area contributed by atoms with E-state index in [2.05, 4.69) is 36.3 Å². The van der Waals surface area contributed by atoms with Crippen molar-refractivity contribution in [3.63, 3.8) is 0 Å². The van der Waals surface area contributed by atoms with Gasteiger partial charge in [-0.3, -0.25) is 14.7 Å². The lowest BCUT2D eigenvalue weighted by Gasteiger charge is -2.23. The fourth-order valence-electron chi connectivity index (χ4n) is 4.69. The van der Waals surface area contributed by atoms with Gasteiger partial charge in [0.1, 0.15) is 11.5 Å². The van der Waals surface area contributed by atoms with E-state index in [1.807, 2.05) is 76.2 Å². The zero-order valence-electron chi connectivity index (χ0n) is 27.1. The Labute approximate surface area is 259 Å². The third-order valence-corrected chi connectivity index (χ3v) is 7.61. The Morgan fingerprint density at radius 1 is 1.00 bits per heavy atom. The maximum Gasteiger partial charge on any atom is 0.311 e. The van der Waals surface area contributed by atoms with E-state index in [4.69, 9.17) is 19.2 Å². The molecule has 10 heteroatoms. The number of carbonyl (C=O) groups is 2. The van der Waals surface area contributed by atoms with E-state index in [1.54, 1.807) is 4.63 Å². The third-order valence-electron chi connectivity index (χ3n) is 7.61. The van der Waals surface area contributed by atoms with Crippen molar-refractivity contribution in [2.45, 2.75) is 79.6 Å². The van der Waals surface area contributed by atoms with Crippen LogP contribution in [0.25, 0.3) is 5.65 Å². The molecular weight excluding hydrogens is 558 g/mol. The highest BCUT2D eigenvalue weighted by Crippen LogP contribution is 2.36. The molecule has 0 aliphatic rings. The number of nitrogens with one attached hydrogen (secondary N) is 2. The molecule has 0 bridgehead atoms. The fraction of sp³-hybridized carbons (Fsp3) is 0.471. The number of H-pyrrole nitrogens is 1. The monoisotopic (exact) mass is 603 g/mol. The molecule has 236 valence electrons. The van der Waals surface area contributed by atoms with Gasteiger partial charge >= 0.3 is 5.97 Å². The number of nitrogens with zero attached hydrogens (tertiary/aromatic N) is 3. The normalized spacial score (nSPS) is 12.6. The summed E-state index contributed by atoms with van der Waals surface area (Å²) in [6.45, 7) is 14.4.